The van der Waals surface area contributed by atoms with Crippen LogP contribution in [0.1, 0.15) is 90.1 Å². The Morgan fingerprint density at radius 2 is 1.82 bits per heavy atom. The van der Waals surface area contributed by atoms with Gasteiger partial charge in [0.05, 0.1) is 55.0 Å². The van der Waals surface area contributed by atoms with Crippen molar-refractivity contribution in [2.75, 3.05) is 37.8 Å². The first-order chi connectivity index (χ1) is 21.2. The highest BCUT2D eigenvalue weighted by atomic mass is 16.6. The van der Waals surface area contributed by atoms with Crippen LogP contribution in [0.4, 0.5) is 5.82 Å². The van der Waals surface area contributed by atoms with E-state index < -0.39 is 23.3 Å². The van der Waals surface area contributed by atoms with E-state index in [-0.39, 0.29) is 12.2 Å². The Bertz CT molecular complexity index is 1490. The molecule has 1 fully saturated rings. The van der Waals surface area contributed by atoms with Gasteiger partial charge < -0.3 is 23.8 Å². The van der Waals surface area contributed by atoms with Crippen LogP contribution in [0.3, 0.4) is 0 Å². The summed E-state index contributed by atoms with van der Waals surface area (Å²) >= 11 is 0. The highest BCUT2D eigenvalue weighted by molar-refractivity contribution is 5.80. The fourth-order valence-corrected chi connectivity index (χ4v) is 5.40. The molecule has 45 heavy (non-hydrogen) atoms. The van der Waals surface area contributed by atoms with Crippen molar-refractivity contribution >= 4 is 17.4 Å². The third-order valence-electron chi connectivity index (χ3n) is 7.80. The number of hydrogen-bond acceptors (Lipinski definition) is 10. The molecule has 1 atom stereocenters. The molecule has 3 aromatic rings. The molecule has 0 radical (unpaired) electrons. The maximum Gasteiger partial charge on any atom is 0.340 e. The van der Waals surface area contributed by atoms with Gasteiger partial charge in [0.2, 0.25) is 0 Å². The van der Waals surface area contributed by atoms with Crippen molar-refractivity contribution < 1.29 is 23.7 Å². The van der Waals surface area contributed by atoms with E-state index >= 15 is 0 Å². The summed E-state index contributed by atoms with van der Waals surface area (Å²) in [4.78, 5) is 20.6. The summed E-state index contributed by atoms with van der Waals surface area (Å²) in [6, 6.07) is 1.94. The van der Waals surface area contributed by atoms with Crippen LogP contribution in [0.2, 0.25) is 0 Å². The highest BCUT2D eigenvalue weighted by Gasteiger charge is 2.38. The second-order valence-corrected chi connectivity index (χ2v) is 13.2. The van der Waals surface area contributed by atoms with Gasteiger partial charge >= 0.3 is 5.97 Å². The molecule has 3 aromatic heterocycles. The molecular formula is C33H49N7O5. The van der Waals surface area contributed by atoms with E-state index in [9.17, 15) is 4.79 Å². The topological polar surface area (TPSA) is 118 Å². The Morgan fingerprint density at radius 1 is 1.13 bits per heavy atom. The highest BCUT2D eigenvalue weighted by Crippen LogP contribution is 2.38. The monoisotopic (exact) mass is 623 g/mol. The molecule has 12 nitrogen and oxygen atoms in total. The molecule has 0 unspecified atom stereocenters. The second kappa shape index (κ2) is 13.8. The zero-order valence-corrected chi connectivity index (χ0v) is 28.1. The molecule has 1 saturated heterocycles. The first-order valence-electron chi connectivity index (χ1n) is 15.6. The van der Waals surface area contributed by atoms with Crippen molar-refractivity contribution in [3.05, 3.63) is 60.2 Å². The predicted molar refractivity (Wildman–Crippen MR) is 172 cm³/mol. The SMILES string of the molecule is C=CCOC1(C)CCN(c2c([C@H](OC(C)(C)C)C(=O)OCC)c(C)nc3cc(Cn4cc(C(C)(C)OCC=C)nn4)nn23)CC1. The minimum Gasteiger partial charge on any atom is -0.464 e. The summed E-state index contributed by atoms with van der Waals surface area (Å²) < 4.78 is 27.5. The fourth-order valence-electron chi connectivity index (χ4n) is 5.40. The van der Waals surface area contributed by atoms with E-state index in [0.29, 0.717) is 55.4 Å². The van der Waals surface area contributed by atoms with Gasteiger partial charge in [0.1, 0.15) is 17.1 Å². The first kappa shape index (κ1) is 34.3. The Kier molecular flexibility index (Phi) is 10.5. The number of carbonyl (C=O) groups is 1. The van der Waals surface area contributed by atoms with Crippen LogP contribution in [0.25, 0.3) is 5.65 Å². The van der Waals surface area contributed by atoms with Gasteiger partial charge in [-0.25, -0.2) is 14.5 Å². The molecule has 4 rings (SSSR count). The molecule has 12 heteroatoms. The third-order valence-corrected chi connectivity index (χ3v) is 7.80. The minimum absolute atomic E-state index is 0.233. The van der Waals surface area contributed by atoms with Crippen LogP contribution < -0.4 is 4.90 Å². The molecule has 246 valence electrons. The van der Waals surface area contributed by atoms with E-state index in [0.717, 1.165) is 24.4 Å². The second-order valence-electron chi connectivity index (χ2n) is 13.2. The number of ether oxygens (including phenoxy) is 4. The molecule has 0 aliphatic carbocycles. The quantitative estimate of drug-likeness (QED) is 0.177. The van der Waals surface area contributed by atoms with Crippen molar-refractivity contribution in [3.8, 4) is 0 Å². The third kappa shape index (κ3) is 8.16. The summed E-state index contributed by atoms with van der Waals surface area (Å²) in [5.74, 6) is 0.299. The lowest BCUT2D eigenvalue weighted by Crippen LogP contribution is -2.45. The van der Waals surface area contributed by atoms with Gasteiger partial charge in [0.25, 0.3) is 0 Å². The number of hydrogen-bond donors (Lipinski definition) is 0. The Hall–Kier alpha value is -3.61. The lowest BCUT2D eigenvalue weighted by molar-refractivity contribution is -0.166. The molecule has 0 saturated carbocycles. The van der Waals surface area contributed by atoms with Crippen LogP contribution in [0.5, 0.6) is 0 Å². The molecule has 4 heterocycles. The van der Waals surface area contributed by atoms with Gasteiger partial charge in [-0.1, -0.05) is 17.4 Å². The molecule has 0 spiro atoms. The average Bonchev–Trinajstić information content (AvgIpc) is 3.61. The van der Waals surface area contributed by atoms with Crippen LogP contribution >= 0.6 is 0 Å². The van der Waals surface area contributed by atoms with Gasteiger partial charge in [-0.3, -0.25) is 0 Å². The van der Waals surface area contributed by atoms with Gasteiger partial charge in [-0.2, -0.15) is 9.61 Å². The fraction of sp³-hybridized carbons (Fsp3) is 0.606. The zero-order valence-electron chi connectivity index (χ0n) is 28.1. The van der Waals surface area contributed by atoms with Gasteiger partial charge in [-0.15, -0.1) is 18.3 Å². The van der Waals surface area contributed by atoms with Crippen LogP contribution in [-0.4, -0.2) is 79.7 Å². The van der Waals surface area contributed by atoms with Gasteiger partial charge in [0, 0.05) is 24.8 Å². The van der Waals surface area contributed by atoms with Gasteiger partial charge in [-0.05, 0) is 68.2 Å². The van der Waals surface area contributed by atoms with Gasteiger partial charge in [0.15, 0.2) is 11.8 Å². The molecule has 0 bridgehead atoms. The van der Waals surface area contributed by atoms with E-state index in [1.54, 1.807) is 23.8 Å². The minimum atomic E-state index is -0.995. The number of nitrogens with zero attached hydrogens (tertiary/aromatic N) is 7. The number of esters is 1. The lowest BCUT2D eigenvalue weighted by Gasteiger charge is -2.41. The maximum absolute atomic E-state index is 13.5. The maximum atomic E-state index is 13.5. The van der Waals surface area contributed by atoms with E-state index in [2.05, 4.69) is 35.3 Å². The summed E-state index contributed by atoms with van der Waals surface area (Å²) in [5, 5.41) is 13.7. The molecule has 0 N–H and O–H groups in total. The Labute approximate surface area is 266 Å². The van der Waals surface area contributed by atoms with Crippen molar-refractivity contribution in [2.45, 2.75) is 97.7 Å². The van der Waals surface area contributed by atoms with Crippen LogP contribution in [0, 0.1) is 6.92 Å². The Balaban J connectivity index is 1.79. The normalized spacial score (nSPS) is 16.1. The molecule has 1 aliphatic heterocycles. The standard InChI is InChI=1S/C33H49N7O5/c1-11-18-43-32(8,9)25-22-39(37-35-25)21-24-20-26-34-23(4)27(28(30(41)42-13-3)45-31(5,6)7)29(40(26)36-24)38-16-14-33(10,15-17-38)44-19-12-2/h11-12,20,22,28H,1-2,13-19,21H2,3-10H3/t28-/m0/s1. The van der Waals surface area contributed by atoms with Crippen molar-refractivity contribution in [3.63, 3.8) is 0 Å². The molecular weight excluding hydrogens is 574 g/mol. The number of carbonyl (C=O) groups excluding carboxylic acids is 1. The lowest BCUT2D eigenvalue weighted by atomic mass is 9.92. The number of anilines is 1. The summed E-state index contributed by atoms with van der Waals surface area (Å²) in [6.07, 6.45) is 5.92. The smallest absolute Gasteiger partial charge is 0.340 e. The zero-order chi connectivity index (χ0) is 33.0. The molecule has 0 amide bonds. The number of fused-ring (bicyclic) bond motifs is 1. The van der Waals surface area contributed by atoms with E-state index in [1.165, 1.54) is 0 Å². The average molecular weight is 624 g/mol. The summed E-state index contributed by atoms with van der Waals surface area (Å²) in [5.41, 5.74) is 1.89. The van der Waals surface area contributed by atoms with Crippen molar-refractivity contribution in [1.82, 2.24) is 29.6 Å². The number of aryl methyl sites for hydroxylation is 1. The van der Waals surface area contributed by atoms with E-state index in [1.807, 2.05) is 58.3 Å². The summed E-state index contributed by atoms with van der Waals surface area (Å²) in [7, 11) is 0. The van der Waals surface area contributed by atoms with Crippen molar-refractivity contribution in [2.24, 2.45) is 0 Å². The number of aromatic nitrogens is 6. The first-order valence-corrected chi connectivity index (χ1v) is 15.6. The Morgan fingerprint density at radius 3 is 2.44 bits per heavy atom. The van der Waals surface area contributed by atoms with Crippen molar-refractivity contribution in [1.29, 1.82) is 0 Å². The summed E-state index contributed by atoms with van der Waals surface area (Å²) in [6.45, 7) is 25.9. The largest absolute Gasteiger partial charge is 0.464 e. The molecule has 1 aliphatic rings. The molecule has 0 aromatic carbocycles. The van der Waals surface area contributed by atoms with Crippen LogP contribution in [0.15, 0.2) is 37.6 Å². The predicted octanol–water partition coefficient (Wildman–Crippen LogP) is 5.10. The van der Waals surface area contributed by atoms with Crippen LogP contribution in [-0.2, 0) is 35.9 Å². The number of rotatable bonds is 14. The number of piperidine rings is 1. The van der Waals surface area contributed by atoms with E-state index in [4.69, 9.17) is 29.0 Å².